The molecule has 9 nitrogen and oxygen atoms in total. The van der Waals surface area contributed by atoms with Crippen LogP contribution in [0.4, 0.5) is 10.1 Å². The molecule has 1 saturated heterocycles. The van der Waals surface area contributed by atoms with Gasteiger partial charge in [-0.25, -0.2) is 9.38 Å². The quantitative estimate of drug-likeness (QED) is 0.0691. The second-order valence-electron chi connectivity index (χ2n) is 10.3. The lowest BCUT2D eigenvalue weighted by Gasteiger charge is -2.19. The Morgan fingerprint density at radius 2 is 1.78 bits per heavy atom. The molecule has 0 bridgehead atoms. The number of hydrogen-bond acceptors (Lipinski definition) is 8. The van der Waals surface area contributed by atoms with Crippen LogP contribution in [0.3, 0.4) is 0 Å². The van der Waals surface area contributed by atoms with Gasteiger partial charge in [-0.2, -0.15) is 0 Å². The number of aliphatic imine (C=N–C) groups is 1. The Morgan fingerprint density at radius 1 is 1.02 bits per heavy atom. The molecule has 1 unspecified atom stereocenters. The van der Waals surface area contributed by atoms with E-state index in [4.69, 9.17) is 9.47 Å². The molecule has 1 fully saturated rings. The van der Waals surface area contributed by atoms with Gasteiger partial charge in [-0.15, -0.1) is 0 Å². The average Bonchev–Trinajstić information content (AvgIpc) is 3.43. The topological polar surface area (TPSA) is 96.4 Å². The van der Waals surface area contributed by atoms with Gasteiger partial charge in [0.15, 0.2) is 5.17 Å². The maximum absolute atomic E-state index is 13.4. The van der Waals surface area contributed by atoms with Crippen molar-refractivity contribution in [2.24, 2.45) is 4.99 Å². The second kappa shape index (κ2) is 28.7. The van der Waals surface area contributed by atoms with Crippen molar-refractivity contribution in [3.8, 4) is 0 Å². The Hall–Kier alpha value is -4.16. The Bertz CT molecular complexity index is 1410. The first-order valence-electron chi connectivity index (χ1n) is 17.0. The smallest absolute Gasteiger partial charge is 0.242 e. The number of aromatic nitrogens is 1. The monoisotopic (exact) mass is 707 g/mol. The van der Waals surface area contributed by atoms with E-state index in [1.165, 1.54) is 29.5 Å². The molecule has 2 aromatic carbocycles. The predicted octanol–water partition coefficient (Wildman–Crippen LogP) is 8.48. The molecule has 1 N–H and O–H groups in total. The summed E-state index contributed by atoms with van der Waals surface area (Å²) in [5.74, 6) is -0.346. The highest BCUT2D eigenvalue weighted by Gasteiger charge is 2.37. The molecule has 3 aromatic rings. The molecule has 4 rings (SSSR count). The van der Waals surface area contributed by atoms with Crippen molar-refractivity contribution in [3.63, 3.8) is 0 Å². The number of hydrogen-bond donors (Lipinski definition) is 1. The molecule has 50 heavy (non-hydrogen) atoms. The van der Waals surface area contributed by atoms with Crippen molar-refractivity contribution < 1.29 is 23.5 Å². The van der Waals surface area contributed by atoms with Gasteiger partial charge in [-0.3, -0.25) is 24.4 Å². The van der Waals surface area contributed by atoms with Gasteiger partial charge in [-0.05, 0) is 75.3 Å². The van der Waals surface area contributed by atoms with Crippen molar-refractivity contribution >= 4 is 34.9 Å². The number of nitrogens with zero attached hydrogens (tertiary/aromatic N) is 4. The van der Waals surface area contributed by atoms with Crippen molar-refractivity contribution in [2.45, 2.75) is 72.8 Å². The maximum Gasteiger partial charge on any atom is 0.242 e. The molecule has 272 valence electrons. The van der Waals surface area contributed by atoms with E-state index in [9.17, 15) is 14.0 Å². The van der Waals surface area contributed by atoms with Gasteiger partial charge in [0.05, 0.1) is 29.8 Å². The summed E-state index contributed by atoms with van der Waals surface area (Å²) in [5, 5.41) is 2.70. The number of amides is 2. The average molecular weight is 708 g/mol. The van der Waals surface area contributed by atoms with Crippen LogP contribution < -0.4 is 5.32 Å². The number of halogens is 1. The SMILES string of the molecule is C/C=C/NC=O.C/C=C\CC1SC(=Nc2cccc(F)c2)N(Cc2ccccn2)C1=O.CC.CCCN(CC)COCOCc1ccccc1. The lowest BCUT2D eigenvalue weighted by atomic mass is 10.2. The summed E-state index contributed by atoms with van der Waals surface area (Å²) in [6, 6.07) is 21.8. The third kappa shape index (κ3) is 18.6. The van der Waals surface area contributed by atoms with E-state index in [0.29, 0.717) is 50.4 Å². The fraction of sp³-hybridized carbons (Fsp3) is 0.385. The first-order valence-corrected chi connectivity index (χ1v) is 17.9. The van der Waals surface area contributed by atoms with Gasteiger partial charge in [0.25, 0.3) is 0 Å². The number of allylic oxidation sites excluding steroid dienone is 3. The van der Waals surface area contributed by atoms with Gasteiger partial charge in [0.1, 0.15) is 19.3 Å². The summed E-state index contributed by atoms with van der Waals surface area (Å²) in [6.07, 6.45) is 11.3. The van der Waals surface area contributed by atoms with Crippen LogP contribution in [-0.2, 0) is 32.2 Å². The Balaban J connectivity index is 0.000000432. The zero-order valence-corrected chi connectivity index (χ0v) is 31.2. The van der Waals surface area contributed by atoms with E-state index in [0.717, 1.165) is 25.2 Å². The van der Waals surface area contributed by atoms with E-state index in [1.807, 2.05) is 76.2 Å². The Morgan fingerprint density at radius 3 is 2.38 bits per heavy atom. The number of pyridine rings is 1. The molecule has 1 aliphatic heterocycles. The first kappa shape index (κ1) is 43.9. The molecule has 1 aliphatic rings. The van der Waals surface area contributed by atoms with Crippen molar-refractivity contribution in [3.05, 3.63) is 120 Å². The molecule has 0 radical (unpaired) electrons. The highest BCUT2D eigenvalue weighted by Crippen LogP contribution is 2.33. The molecule has 0 aliphatic carbocycles. The molecular formula is C39H54FN5O4S. The van der Waals surface area contributed by atoms with Crippen LogP contribution in [0.2, 0.25) is 0 Å². The standard InChI is InChI=1S/C19H18FN3OS.C14H23NO2.C4H7NO.C2H6/c1-2-3-10-17-18(24)23(13-16-8-4-5-11-21-16)19(25-17)22-15-9-6-7-14(20)12-15;1-3-10-15(4-2)12-17-13-16-11-14-8-6-5-7-9-14;1-2-3-5-4-6;1-2/h2-9,11-12,17H,10,13H2,1H3;5-9H,3-4,10-13H2,1-2H3;2-4H,1H3,(H,5,6);1-2H3/b3-2-,22-19?;;3-2+;. The summed E-state index contributed by atoms with van der Waals surface area (Å²) in [4.78, 5) is 34.8. The van der Waals surface area contributed by atoms with E-state index < -0.39 is 0 Å². The van der Waals surface area contributed by atoms with Crippen LogP contribution in [-0.4, -0.2) is 64.1 Å². The first-order chi connectivity index (χ1) is 24.4. The number of ether oxygens (including phenoxy) is 2. The number of rotatable bonds is 16. The number of benzene rings is 2. The minimum atomic E-state index is -0.349. The van der Waals surface area contributed by atoms with E-state index >= 15 is 0 Å². The van der Waals surface area contributed by atoms with E-state index in [-0.39, 0.29) is 17.0 Å². The van der Waals surface area contributed by atoms with Crippen LogP contribution in [0.1, 0.15) is 65.6 Å². The normalized spacial score (nSPS) is 14.6. The minimum absolute atomic E-state index is 0.00362. The van der Waals surface area contributed by atoms with Gasteiger partial charge >= 0.3 is 0 Å². The maximum atomic E-state index is 13.4. The van der Waals surface area contributed by atoms with E-state index in [2.05, 4.69) is 46.2 Å². The molecule has 0 saturated carbocycles. The highest BCUT2D eigenvalue weighted by molar-refractivity contribution is 8.15. The number of carbonyl (C=O) groups excluding carboxylic acids is 2. The Labute approximate surface area is 302 Å². The largest absolute Gasteiger partial charge is 0.351 e. The molecule has 11 heteroatoms. The minimum Gasteiger partial charge on any atom is -0.351 e. The van der Waals surface area contributed by atoms with Crippen molar-refractivity contribution in [2.75, 3.05) is 26.6 Å². The molecule has 1 aromatic heterocycles. The fourth-order valence-corrected chi connectivity index (χ4v) is 5.31. The Kier molecular flexibility index (Phi) is 25.1. The fourth-order valence-electron chi connectivity index (χ4n) is 4.18. The molecule has 2 amide bonds. The molecule has 1 atom stereocenters. The summed E-state index contributed by atoms with van der Waals surface area (Å²) >= 11 is 1.41. The summed E-state index contributed by atoms with van der Waals surface area (Å²) in [7, 11) is 0. The predicted molar refractivity (Wildman–Crippen MR) is 204 cm³/mol. The zero-order valence-electron chi connectivity index (χ0n) is 30.3. The van der Waals surface area contributed by atoms with Gasteiger partial charge in [-0.1, -0.05) is 100 Å². The summed E-state index contributed by atoms with van der Waals surface area (Å²) in [6.45, 7) is 16.1. The summed E-state index contributed by atoms with van der Waals surface area (Å²) < 4.78 is 24.3. The summed E-state index contributed by atoms with van der Waals surface area (Å²) in [5.41, 5.74) is 2.46. The second-order valence-corrected chi connectivity index (χ2v) is 11.5. The lowest BCUT2D eigenvalue weighted by Crippen LogP contribution is -2.31. The van der Waals surface area contributed by atoms with Gasteiger partial charge in [0.2, 0.25) is 12.3 Å². The van der Waals surface area contributed by atoms with Crippen LogP contribution in [0, 0.1) is 5.82 Å². The number of amidine groups is 1. The van der Waals surface area contributed by atoms with Crippen LogP contribution in [0.25, 0.3) is 0 Å². The van der Waals surface area contributed by atoms with Crippen LogP contribution in [0.5, 0.6) is 0 Å². The highest BCUT2D eigenvalue weighted by atomic mass is 32.2. The third-order valence-corrected chi connectivity index (χ3v) is 7.76. The van der Waals surface area contributed by atoms with Gasteiger partial charge in [0, 0.05) is 12.7 Å². The van der Waals surface area contributed by atoms with Crippen molar-refractivity contribution in [1.29, 1.82) is 0 Å². The van der Waals surface area contributed by atoms with E-state index in [1.54, 1.807) is 35.5 Å². The number of carbonyl (C=O) groups is 2. The zero-order chi connectivity index (χ0) is 36.8. The third-order valence-electron chi connectivity index (χ3n) is 6.56. The molecular weight excluding hydrogens is 654 g/mol. The molecule has 0 spiro atoms. The van der Waals surface area contributed by atoms with Crippen LogP contribution >= 0.6 is 11.8 Å². The van der Waals surface area contributed by atoms with Gasteiger partial charge < -0.3 is 14.8 Å². The van der Waals surface area contributed by atoms with Crippen molar-refractivity contribution in [1.82, 2.24) is 20.1 Å². The van der Waals surface area contributed by atoms with Crippen LogP contribution in [0.15, 0.2) is 108 Å². The number of thioether (sulfide) groups is 1. The number of nitrogens with one attached hydrogen (secondary N) is 1. The lowest BCUT2D eigenvalue weighted by molar-refractivity contribution is -0.126. The molecule has 2 heterocycles.